The molecule has 0 saturated carbocycles. The van der Waals surface area contributed by atoms with Crippen molar-refractivity contribution >= 4 is 23.3 Å². The zero-order valence-corrected chi connectivity index (χ0v) is 14.0. The Hall–Kier alpha value is -1.89. The third-order valence-electron chi connectivity index (χ3n) is 3.32. The number of aliphatic hydroxyl groups excluding tert-OH is 1. The Morgan fingerprint density at radius 2 is 2.04 bits per heavy atom. The van der Waals surface area contributed by atoms with Crippen molar-refractivity contribution in [3.63, 3.8) is 0 Å². The Kier molecular flexibility index (Phi) is 6.15. The number of rotatable bonds is 7. The van der Waals surface area contributed by atoms with E-state index in [1.54, 1.807) is 35.0 Å². The minimum Gasteiger partial charge on any atom is -0.388 e. The van der Waals surface area contributed by atoms with Crippen molar-refractivity contribution in [3.8, 4) is 0 Å². The number of amides is 1. The molecule has 1 atom stereocenters. The van der Waals surface area contributed by atoms with Gasteiger partial charge in [0.1, 0.15) is 0 Å². The summed E-state index contributed by atoms with van der Waals surface area (Å²) < 4.78 is 1.77. The molecule has 0 aliphatic rings. The number of benzene rings is 1. The van der Waals surface area contributed by atoms with Crippen LogP contribution in [-0.2, 0) is 11.3 Å². The fourth-order valence-electron chi connectivity index (χ4n) is 2.03. The molecule has 23 heavy (non-hydrogen) atoms. The number of halogens is 1. The number of likely N-dealkylation sites (N-methyl/N-ethyl adjacent to an activating group) is 1. The normalized spacial score (nSPS) is 12.4. The van der Waals surface area contributed by atoms with Crippen LogP contribution in [0.25, 0.3) is 0 Å². The van der Waals surface area contributed by atoms with E-state index in [-0.39, 0.29) is 12.3 Å². The number of aliphatic hydroxyl groups is 1. The molecular weight excluding hydrogens is 316 g/mol. The number of carbonyl (C=O) groups is 1. The van der Waals surface area contributed by atoms with Gasteiger partial charge >= 0.3 is 0 Å². The maximum atomic E-state index is 12.0. The van der Waals surface area contributed by atoms with Gasteiger partial charge in [0, 0.05) is 23.8 Å². The summed E-state index contributed by atoms with van der Waals surface area (Å²) in [5.41, 5.74) is 0.654. The van der Waals surface area contributed by atoms with Gasteiger partial charge in [0.2, 0.25) is 5.91 Å². The molecule has 1 unspecified atom stereocenters. The highest BCUT2D eigenvalue weighted by atomic mass is 35.5. The molecule has 7 heteroatoms. The fourth-order valence-corrected chi connectivity index (χ4v) is 2.15. The number of aromatic nitrogens is 2. The molecule has 1 aromatic heterocycles. The van der Waals surface area contributed by atoms with E-state index in [4.69, 9.17) is 11.6 Å². The Balaban J connectivity index is 1.85. The third-order valence-corrected chi connectivity index (χ3v) is 3.57. The van der Waals surface area contributed by atoms with Gasteiger partial charge in [-0.3, -0.25) is 9.48 Å². The second kappa shape index (κ2) is 8.10. The van der Waals surface area contributed by atoms with E-state index in [1.807, 2.05) is 20.3 Å². The smallest absolute Gasteiger partial charge is 0.228 e. The van der Waals surface area contributed by atoms with Gasteiger partial charge in [-0.15, -0.1) is 0 Å². The average molecular weight is 337 g/mol. The number of carbonyl (C=O) groups excluding carboxylic acids is 1. The maximum absolute atomic E-state index is 12.0. The van der Waals surface area contributed by atoms with Crippen molar-refractivity contribution in [1.82, 2.24) is 14.7 Å². The van der Waals surface area contributed by atoms with Crippen LogP contribution in [0.3, 0.4) is 0 Å². The lowest BCUT2D eigenvalue weighted by molar-refractivity contribution is -0.118. The summed E-state index contributed by atoms with van der Waals surface area (Å²) >= 11 is 5.80. The topological polar surface area (TPSA) is 70.4 Å². The van der Waals surface area contributed by atoms with Gasteiger partial charge in [-0.25, -0.2) is 0 Å². The second-order valence-corrected chi connectivity index (χ2v) is 6.02. The van der Waals surface area contributed by atoms with Crippen molar-refractivity contribution in [3.05, 3.63) is 47.1 Å². The quantitative estimate of drug-likeness (QED) is 0.813. The largest absolute Gasteiger partial charge is 0.388 e. The van der Waals surface area contributed by atoms with E-state index in [1.165, 1.54) is 0 Å². The third kappa shape index (κ3) is 5.67. The van der Waals surface area contributed by atoms with Gasteiger partial charge < -0.3 is 15.3 Å². The Bertz CT molecular complexity index is 640. The number of nitrogens with one attached hydrogen (secondary N) is 1. The van der Waals surface area contributed by atoms with E-state index >= 15 is 0 Å². The van der Waals surface area contributed by atoms with Crippen LogP contribution in [0.2, 0.25) is 5.02 Å². The zero-order valence-electron chi connectivity index (χ0n) is 13.2. The summed E-state index contributed by atoms with van der Waals surface area (Å²) in [7, 11) is 3.98. The van der Waals surface area contributed by atoms with Crippen molar-refractivity contribution < 1.29 is 9.90 Å². The predicted octanol–water partition coefficient (Wildman–Crippen LogP) is 2.16. The highest BCUT2D eigenvalue weighted by Gasteiger charge is 2.14. The summed E-state index contributed by atoms with van der Waals surface area (Å²) in [5.74, 6) is 0.197. The minimum atomic E-state index is -0.872. The number of nitrogens with zero attached hydrogens (tertiary/aromatic N) is 3. The summed E-state index contributed by atoms with van der Waals surface area (Å²) in [6.07, 6.45) is 0.907. The SMILES string of the molecule is CN(C)CCn1ccc(NC(=O)CC(O)c2ccc(Cl)cc2)n1. The number of hydrogen-bond acceptors (Lipinski definition) is 4. The van der Waals surface area contributed by atoms with Crippen LogP contribution in [0.4, 0.5) is 5.82 Å². The first-order valence-electron chi connectivity index (χ1n) is 7.35. The van der Waals surface area contributed by atoms with Gasteiger partial charge in [0.15, 0.2) is 5.82 Å². The predicted molar refractivity (Wildman–Crippen MR) is 90.4 cm³/mol. The lowest BCUT2D eigenvalue weighted by Gasteiger charge is -2.11. The van der Waals surface area contributed by atoms with Gasteiger partial charge in [-0.05, 0) is 31.8 Å². The molecule has 0 saturated heterocycles. The molecular formula is C16H21ClN4O2. The summed E-state index contributed by atoms with van der Waals surface area (Å²) in [4.78, 5) is 14.0. The lowest BCUT2D eigenvalue weighted by Crippen LogP contribution is -2.19. The summed E-state index contributed by atoms with van der Waals surface area (Å²) in [6, 6.07) is 8.52. The van der Waals surface area contributed by atoms with Crippen LogP contribution in [0.5, 0.6) is 0 Å². The molecule has 0 fully saturated rings. The van der Waals surface area contributed by atoms with Crippen LogP contribution in [0.1, 0.15) is 18.1 Å². The first kappa shape index (κ1) is 17.5. The highest BCUT2D eigenvalue weighted by molar-refractivity contribution is 6.30. The minimum absolute atomic E-state index is 0.0355. The number of anilines is 1. The van der Waals surface area contributed by atoms with Crippen LogP contribution >= 0.6 is 11.6 Å². The molecule has 2 aromatic rings. The molecule has 0 bridgehead atoms. The maximum Gasteiger partial charge on any atom is 0.228 e. The Labute approximate surface area is 140 Å². The molecule has 1 amide bonds. The van der Waals surface area contributed by atoms with Crippen molar-refractivity contribution in [2.24, 2.45) is 0 Å². The van der Waals surface area contributed by atoms with Crippen molar-refractivity contribution in [2.45, 2.75) is 19.1 Å². The van der Waals surface area contributed by atoms with Crippen LogP contribution < -0.4 is 5.32 Å². The number of hydrogen-bond donors (Lipinski definition) is 2. The van der Waals surface area contributed by atoms with Gasteiger partial charge in [-0.2, -0.15) is 5.10 Å². The fraction of sp³-hybridized carbons (Fsp3) is 0.375. The van der Waals surface area contributed by atoms with Crippen LogP contribution in [0.15, 0.2) is 36.5 Å². The van der Waals surface area contributed by atoms with Gasteiger partial charge in [-0.1, -0.05) is 23.7 Å². The molecule has 6 nitrogen and oxygen atoms in total. The molecule has 124 valence electrons. The molecule has 0 spiro atoms. The zero-order chi connectivity index (χ0) is 16.8. The Morgan fingerprint density at radius 3 is 2.70 bits per heavy atom. The first-order chi connectivity index (χ1) is 10.9. The van der Waals surface area contributed by atoms with Crippen LogP contribution in [-0.4, -0.2) is 46.3 Å². The monoisotopic (exact) mass is 336 g/mol. The molecule has 0 aliphatic heterocycles. The van der Waals surface area contributed by atoms with E-state index in [0.717, 1.165) is 13.1 Å². The van der Waals surface area contributed by atoms with Crippen molar-refractivity contribution in [2.75, 3.05) is 26.0 Å². The first-order valence-corrected chi connectivity index (χ1v) is 7.73. The molecule has 1 aromatic carbocycles. The Morgan fingerprint density at radius 1 is 1.35 bits per heavy atom. The van der Waals surface area contributed by atoms with E-state index in [0.29, 0.717) is 16.4 Å². The van der Waals surface area contributed by atoms with Gasteiger partial charge in [0.05, 0.1) is 19.1 Å². The van der Waals surface area contributed by atoms with E-state index in [2.05, 4.69) is 15.3 Å². The van der Waals surface area contributed by atoms with Crippen molar-refractivity contribution in [1.29, 1.82) is 0 Å². The van der Waals surface area contributed by atoms with E-state index < -0.39 is 6.10 Å². The van der Waals surface area contributed by atoms with E-state index in [9.17, 15) is 9.90 Å². The standard InChI is InChI=1S/C16H21ClN4O2/c1-20(2)9-10-21-8-7-15(19-21)18-16(23)11-14(22)12-3-5-13(17)6-4-12/h3-8,14,22H,9-11H2,1-2H3,(H,18,19,23). The molecule has 0 radical (unpaired) electrons. The molecule has 2 N–H and O–H groups in total. The van der Waals surface area contributed by atoms with Crippen LogP contribution in [0, 0.1) is 0 Å². The second-order valence-electron chi connectivity index (χ2n) is 5.59. The molecule has 0 aliphatic carbocycles. The average Bonchev–Trinajstić information content (AvgIpc) is 2.93. The summed E-state index contributed by atoms with van der Waals surface area (Å²) in [5, 5.41) is 17.6. The summed E-state index contributed by atoms with van der Waals surface area (Å²) in [6.45, 7) is 1.61. The highest BCUT2D eigenvalue weighted by Crippen LogP contribution is 2.19. The molecule has 1 heterocycles. The lowest BCUT2D eigenvalue weighted by atomic mass is 10.1. The molecule has 2 rings (SSSR count). The van der Waals surface area contributed by atoms with Gasteiger partial charge in [0.25, 0.3) is 0 Å².